The molecule has 5 nitrogen and oxygen atoms in total. The Balaban J connectivity index is 1.52. The van der Waals surface area contributed by atoms with E-state index in [9.17, 15) is 9.59 Å². The van der Waals surface area contributed by atoms with Gasteiger partial charge >= 0.3 is 0 Å². The normalized spacial score (nSPS) is 15.6. The SMILES string of the molecule is CNC(=O)C1(Cc2cccc(-c3cccs3)c2)CCN(C(=O)c2ccccn2)CC1. The van der Waals surface area contributed by atoms with Crippen molar-refractivity contribution < 1.29 is 9.59 Å². The summed E-state index contributed by atoms with van der Waals surface area (Å²) in [6, 6.07) is 18.0. The number of amides is 2. The molecule has 30 heavy (non-hydrogen) atoms. The molecule has 4 rings (SSSR count). The maximum absolute atomic E-state index is 12.9. The Morgan fingerprint density at radius 2 is 1.93 bits per heavy atom. The molecule has 0 radical (unpaired) electrons. The molecule has 154 valence electrons. The summed E-state index contributed by atoms with van der Waals surface area (Å²) in [5, 5.41) is 4.93. The van der Waals surface area contributed by atoms with E-state index in [0.29, 0.717) is 38.0 Å². The van der Waals surface area contributed by atoms with Crippen LogP contribution in [0.5, 0.6) is 0 Å². The fourth-order valence-corrected chi connectivity index (χ4v) is 4.93. The number of rotatable bonds is 5. The van der Waals surface area contributed by atoms with E-state index in [1.807, 2.05) is 17.0 Å². The molecular formula is C24H25N3O2S. The number of piperidine rings is 1. The lowest BCUT2D eigenvalue weighted by atomic mass is 9.72. The number of likely N-dealkylation sites (tertiary alicyclic amines) is 1. The Morgan fingerprint density at radius 1 is 1.10 bits per heavy atom. The fraction of sp³-hybridized carbons (Fsp3) is 0.292. The van der Waals surface area contributed by atoms with Crippen LogP contribution in [-0.2, 0) is 11.2 Å². The lowest BCUT2D eigenvalue weighted by Crippen LogP contribution is -2.50. The summed E-state index contributed by atoms with van der Waals surface area (Å²) in [5.74, 6) is -0.0187. The standard InChI is InChI=1S/C24H25N3O2S/c1-25-23(29)24(17-18-6-4-7-19(16-18)21-9-5-15-30-21)10-13-27(14-11-24)22(28)20-8-2-3-12-26-20/h2-9,12,15-16H,10-11,13-14,17H2,1H3,(H,25,29). The molecular weight excluding hydrogens is 394 g/mol. The van der Waals surface area contributed by atoms with E-state index in [4.69, 9.17) is 0 Å². The lowest BCUT2D eigenvalue weighted by Gasteiger charge is -2.40. The number of hydrogen-bond acceptors (Lipinski definition) is 4. The highest BCUT2D eigenvalue weighted by Gasteiger charge is 2.42. The molecule has 1 N–H and O–H groups in total. The molecule has 0 saturated carbocycles. The number of carbonyl (C=O) groups is 2. The zero-order chi connectivity index (χ0) is 21.0. The third kappa shape index (κ3) is 4.14. The first-order valence-corrected chi connectivity index (χ1v) is 11.0. The number of carbonyl (C=O) groups excluding carboxylic acids is 2. The van der Waals surface area contributed by atoms with Gasteiger partial charge in [0.2, 0.25) is 5.91 Å². The number of nitrogens with zero attached hydrogens (tertiary/aromatic N) is 2. The summed E-state index contributed by atoms with van der Waals surface area (Å²) in [7, 11) is 1.69. The van der Waals surface area contributed by atoms with Crippen LogP contribution in [0.1, 0.15) is 28.9 Å². The summed E-state index contributed by atoms with van der Waals surface area (Å²) >= 11 is 1.71. The molecule has 3 heterocycles. The van der Waals surface area contributed by atoms with Gasteiger partial charge in [0.05, 0.1) is 5.41 Å². The van der Waals surface area contributed by atoms with Gasteiger partial charge in [-0.1, -0.05) is 36.4 Å². The topological polar surface area (TPSA) is 62.3 Å². The minimum atomic E-state index is -0.510. The number of thiophene rings is 1. The first-order valence-electron chi connectivity index (χ1n) is 10.2. The predicted octanol–water partition coefficient (Wildman–Crippen LogP) is 4.02. The van der Waals surface area contributed by atoms with Crippen LogP contribution in [-0.4, -0.2) is 41.8 Å². The second-order valence-electron chi connectivity index (χ2n) is 7.72. The van der Waals surface area contributed by atoms with E-state index in [-0.39, 0.29) is 11.8 Å². The van der Waals surface area contributed by atoms with Crippen molar-refractivity contribution in [1.29, 1.82) is 0 Å². The third-order valence-electron chi connectivity index (χ3n) is 5.88. The molecule has 6 heteroatoms. The Bertz CT molecular complexity index is 1010. The second kappa shape index (κ2) is 8.79. The van der Waals surface area contributed by atoms with Crippen molar-refractivity contribution in [2.24, 2.45) is 5.41 Å². The van der Waals surface area contributed by atoms with Crippen LogP contribution >= 0.6 is 11.3 Å². The van der Waals surface area contributed by atoms with Gasteiger partial charge in [-0.3, -0.25) is 14.6 Å². The summed E-state index contributed by atoms with van der Waals surface area (Å²) in [6.07, 6.45) is 3.56. The summed E-state index contributed by atoms with van der Waals surface area (Å²) in [4.78, 5) is 32.9. The van der Waals surface area contributed by atoms with Crippen molar-refractivity contribution in [3.05, 3.63) is 77.4 Å². The minimum absolute atomic E-state index is 0.0500. The Labute approximate surface area is 180 Å². The van der Waals surface area contributed by atoms with Crippen LogP contribution < -0.4 is 5.32 Å². The van der Waals surface area contributed by atoms with Gasteiger partial charge in [0.15, 0.2) is 0 Å². The van der Waals surface area contributed by atoms with E-state index in [1.54, 1.807) is 36.7 Å². The summed E-state index contributed by atoms with van der Waals surface area (Å²) in [6.45, 7) is 1.10. The minimum Gasteiger partial charge on any atom is -0.359 e. The highest BCUT2D eigenvalue weighted by atomic mass is 32.1. The van der Waals surface area contributed by atoms with E-state index >= 15 is 0 Å². The second-order valence-corrected chi connectivity index (χ2v) is 8.67. The van der Waals surface area contributed by atoms with Gasteiger partial charge in [0, 0.05) is 31.2 Å². The number of pyridine rings is 1. The van der Waals surface area contributed by atoms with Crippen molar-refractivity contribution in [3.8, 4) is 10.4 Å². The van der Waals surface area contributed by atoms with Crippen molar-refractivity contribution in [2.75, 3.05) is 20.1 Å². The van der Waals surface area contributed by atoms with Crippen LogP contribution in [0.3, 0.4) is 0 Å². The fourth-order valence-electron chi connectivity index (χ4n) is 4.21. The third-order valence-corrected chi connectivity index (χ3v) is 6.79. The highest BCUT2D eigenvalue weighted by Crippen LogP contribution is 2.37. The molecule has 1 aromatic carbocycles. The van der Waals surface area contributed by atoms with E-state index < -0.39 is 5.41 Å². The number of aromatic nitrogens is 1. The smallest absolute Gasteiger partial charge is 0.272 e. The molecule has 2 aromatic heterocycles. The molecule has 1 saturated heterocycles. The first-order chi connectivity index (χ1) is 14.6. The quantitative estimate of drug-likeness (QED) is 0.679. The van der Waals surface area contributed by atoms with Gasteiger partial charge < -0.3 is 10.2 Å². The molecule has 0 unspecified atom stereocenters. The molecule has 0 spiro atoms. The number of benzene rings is 1. The molecule has 0 aliphatic carbocycles. The van der Waals surface area contributed by atoms with Gasteiger partial charge in [-0.2, -0.15) is 0 Å². The maximum Gasteiger partial charge on any atom is 0.272 e. The van der Waals surface area contributed by atoms with E-state index in [1.165, 1.54) is 10.4 Å². The maximum atomic E-state index is 12.9. The number of hydrogen-bond donors (Lipinski definition) is 1. The van der Waals surface area contributed by atoms with Crippen molar-refractivity contribution in [3.63, 3.8) is 0 Å². The van der Waals surface area contributed by atoms with Gasteiger partial charge in [0.1, 0.15) is 5.69 Å². The molecule has 0 atom stereocenters. The largest absolute Gasteiger partial charge is 0.359 e. The Kier molecular flexibility index (Phi) is 5.95. The average Bonchev–Trinajstić information content (AvgIpc) is 3.34. The summed E-state index contributed by atoms with van der Waals surface area (Å²) in [5.41, 5.74) is 2.27. The van der Waals surface area contributed by atoms with Crippen LogP contribution in [0.25, 0.3) is 10.4 Å². The number of nitrogens with one attached hydrogen (secondary N) is 1. The Morgan fingerprint density at radius 3 is 2.60 bits per heavy atom. The Hall–Kier alpha value is -2.99. The van der Waals surface area contributed by atoms with Gasteiger partial charge in [-0.25, -0.2) is 0 Å². The van der Waals surface area contributed by atoms with Crippen molar-refractivity contribution >= 4 is 23.2 Å². The first kappa shape index (κ1) is 20.3. The van der Waals surface area contributed by atoms with Gasteiger partial charge in [-0.05, 0) is 54.0 Å². The van der Waals surface area contributed by atoms with Crippen LogP contribution in [0.2, 0.25) is 0 Å². The van der Waals surface area contributed by atoms with E-state index in [0.717, 1.165) is 5.56 Å². The van der Waals surface area contributed by atoms with Crippen LogP contribution in [0, 0.1) is 5.41 Å². The van der Waals surface area contributed by atoms with Crippen LogP contribution in [0.15, 0.2) is 66.2 Å². The van der Waals surface area contributed by atoms with Gasteiger partial charge in [0.25, 0.3) is 5.91 Å². The average molecular weight is 420 g/mol. The molecule has 1 aliphatic heterocycles. The summed E-state index contributed by atoms with van der Waals surface area (Å²) < 4.78 is 0. The lowest BCUT2D eigenvalue weighted by molar-refractivity contribution is -0.133. The van der Waals surface area contributed by atoms with Crippen molar-refractivity contribution in [1.82, 2.24) is 15.2 Å². The van der Waals surface area contributed by atoms with E-state index in [2.05, 4.69) is 46.0 Å². The molecule has 0 bridgehead atoms. The zero-order valence-electron chi connectivity index (χ0n) is 17.0. The monoisotopic (exact) mass is 419 g/mol. The molecule has 2 amide bonds. The zero-order valence-corrected chi connectivity index (χ0v) is 17.8. The molecule has 1 aliphatic rings. The van der Waals surface area contributed by atoms with Crippen molar-refractivity contribution in [2.45, 2.75) is 19.3 Å². The van der Waals surface area contributed by atoms with Gasteiger partial charge in [-0.15, -0.1) is 11.3 Å². The molecule has 1 fully saturated rings. The van der Waals surface area contributed by atoms with Crippen LogP contribution in [0.4, 0.5) is 0 Å². The predicted molar refractivity (Wildman–Crippen MR) is 119 cm³/mol. The molecule has 3 aromatic rings. The highest BCUT2D eigenvalue weighted by molar-refractivity contribution is 7.13.